The highest BCUT2D eigenvalue weighted by molar-refractivity contribution is 5.69. The van der Waals surface area contributed by atoms with Gasteiger partial charge in [-0.3, -0.25) is 4.79 Å². The quantitative estimate of drug-likeness (QED) is 0.597. The van der Waals surface area contributed by atoms with Crippen LogP contribution in [-0.2, 0) is 9.53 Å². The number of methoxy groups -OCH3 is 1. The molecule has 0 aliphatic carbocycles. The van der Waals surface area contributed by atoms with Gasteiger partial charge < -0.3 is 10.5 Å². The standard InChI is InChI=1S/C8H12F5NO2/c1-16-6(15)3-2-5(14)4-7(9,10)8(11,12)13/h5H,2-4,14H2,1H3. The number of halogens is 5. The second-order valence-electron chi connectivity index (χ2n) is 3.28. The van der Waals surface area contributed by atoms with Crippen LogP contribution in [0.3, 0.4) is 0 Å². The molecular weight excluding hydrogens is 237 g/mol. The maximum Gasteiger partial charge on any atom is 0.453 e. The Morgan fingerprint density at radius 2 is 1.81 bits per heavy atom. The van der Waals surface area contributed by atoms with Crippen LogP contribution in [0.1, 0.15) is 19.3 Å². The minimum atomic E-state index is -5.62. The number of esters is 1. The molecular formula is C8H12F5NO2. The molecule has 3 nitrogen and oxygen atoms in total. The number of hydrogen-bond acceptors (Lipinski definition) is 3. The molecule has 0 saturated heterocycles. The second kappa shape index (κ2) is 5.42. The molecule has 0 radical (unpaired) electrons. The first kappa shape index (κ1) is 15.1. The molecule has 0 aromatic carbocycles. The van der Waals surface area contributed by atoms with Gasteiger partial charge in [0, 0.05) is 18.9 Å². The maximum absolute atomic E-state index is 12.5. The van der Waals surface area contributed by atoms with Gasteiger partial charge in [0.05, 0.1) is 7.11 Å². The van der Waals surface area contributed by atoms with Gasteiger partial charge in [0.1, 0.15) is 0 Å². The summed E-state index contributed by atoms with van der Waals surface area (Å²) in [6.45, 7) is 0. The van der Waals surface area contributed by atoms with Crippen molar-refractivity contribution in [3.05, 3.63) is 0 Å². The molecule has 0 spiro atoms. The molecule has 2 N–H and O–H groups in total. The van der Waals surface area contributed by atoms with Crippen molar-refractivity contribution in [1.82, 2.24) is 0 Å². The van der Waals surface area contributed by atoms with Gasteiger partial charge in [0.15, 0.2) is 0 Å². The molecule has 0 rings (SSSR count). The van der Waals surface area contributed by atoms with Crippen molar-refractivity contribution in [2.45, 2.75) is 37.4 Å². The van der Waals surface area contributed by atoms with Gasteiger partial charge in [0.2, 0.25) is 0 Å². The SMILES string of the molecule is COC(=O)CCC(N)CC(F)(F)C(F)(F)F. The Labute approximate surface area is 88.7 Å². The Morgan fingerprint density at radius 3 is 2.19 bits per heavy atom. The molecule has 0 saturated carbocycles. The van der Waals surface area contributed by atoms with Crippen LogP contribution < -0.4 is 5.73 Å². The predicted molar refractivity (Wildman–Crippen MR) is 44.8 cm³/mol. The Hall–Kier alpha value is -0.920. The topological polar surface area (TPSA) is 52.3 Å². The molecule has 0 aromatic rings. The summed E-state index contributed by atoms with van der Waals surface area (Å²) in [5.41, 5.74) is 5.07. The van der Waals surface area contributed by atoms with E-state index >= 15 is 0 Å². The predicted octanol–water partition coefficient (Wildman–Crippen LogP) is 1.85. The minimum absolute atomic E-state index is 0.279. The number of rotatable bonds is 5. The van der Waals surface area contributed by atoms with Gasteiger partial charge in [0.25, 0.3) is 0 Å². The summed E-state index contributed by atoms with van der Waals surface area (Å²) >= 11 is 0. The molecule has 0 aromatic heterocycles. The third kappa shape index (κ3) is 4.73. The van der Waals surface area contributed by atoms with E-state index in [9.17, 15) is 26.7 Å². The summed E-state index contributed by atoms with van der Waals surface area (Å²) < 4.78 is 64.4. The van der Waals surface area contributed by atoms with Gasteiger partial charge in [-0.1, -0.05) is 0 Å². The van der Waals surface area contributed by atoms with E-state index in [1.54, 1.807) is 0 Å². The Kier molecular flexibility index (Phi) is 5.11. The molecule has 0 bridgehead atoms. The fraction of sp³-hybridized carbons (Fsp3) is 0.875. The lowest BCUT2D eigenvalue weighted by Crippen LogP contribution is -2.42. The summed E-state index contributed by atoms with van der Waals surface area (Å²) in [7, 11) is 1.08. The van der Waals surface area contributed by atoms with Crippen LogP contribution in [0, 0.1) is 0 Å². The van der Waals surface area contributed by atoms with Crippen LogP contribution >= 0.6 is 0 Å². The van der Waals surface area contributed by atoms with E-state index in [0.717, 1.165) is 7.11 Å². The largest absolute Gasteiger partial charge is 0.469 e. The summed E-state index contributed by atoms with van der Waals surface area (Å²) in [6.07, 6.45) is -7.71. The summed E-state index contributed by atoms with van der Waals surface area (Å²) in [5.74, 6) is -5.53. The Balaban J connectivity index is 4.14. The van der Waals surface area contributed by atoms with Crippen molar-refractivity contribution in [3.8, 4) is 0 Å². The fourth-order valence-electron chi connectivity index (χ4n) is 0.952. The zero-order chi connectivity index (χ0) is 13.0. The molecule has 0 heterocycles. The zero-order valence-corrected chi connectivity index (χ0v) is 8.48. The van der Waals surface area contributed by atoms with Crippen molar-refractivity contribution in [3.63, 3.8) is 0 Å². The number of hydrogen-bond donors (Lipinski definition) is 1. The minimum Gasteiger partial charge on any atom is -0.469 e. The van der Waals surface area contributed by atoms with Crippen molar-refractivity contribution in [1.29, 1.82) is 0 Å². The third-order valence-corrected chi connectivity index (χ3v) is 1.88. The van der Waals surface area contributed by atoms with Gasteiger partial charge in [-0.15, -0.1) is 0 Å². The van der Waals surface area contributed by atoms with Crippen molar-refractivity contribution in [2.24, 2.45) is 5.73 Å². The molecule has 0 aliphatic heterocycles. The first-order valence-corrected chi connectivity index (χ1v) is 4.37. The molecule has 1 unspecified atom stereocenters. The van der Waals surface area contributed by atoms with Crippen LogP contribution in [0.5, 0.6) is 0 Å². The molecule has 1 atom stereocenters. The van der Waals surface area contributed by atoms with Gasteiger partial charge in [-0.05, 0) is 6.42 Å². The monoisotopic (exact) mass is 249 g/mol. The third-order valence-electron chi connectivity index (χ3n) is 1.88. The number of carbonyl (C=O) groups is 1. The number of nitrogens with two attached hydrogens (primary N) is 1. The van der Waals surface area contributed by atoms with Crippen LogP contribution in [0.4, 0.5) is 22.0 Å². The van der Waals surface area contributed by atoms with Crippen LogP contribution in [0.25, 0.3) is 0 Å². The molecule has 16 heavy (non-hydrogen) atoms. The molecule has 0 fully saturated rings. The Bertz CT molecular complexity index is 241. The lowest BCUT2D eigenvalue weighted by atomic mass is 10.0. The van der Waals surface area contributed by atoms with Crippen LogP contribution in [-0.4, -0.2) is 31.2 Å². The van der Waals surface area contributed by atoms with Gasteiger partial charge in [-0.25, -0.2) is 0 Å². The molecule has 0 amide bonds. The van der Waals surface area contributed by atoms with E-state index in [2.05, 4.69) is 4.74 Å². The van der Waals surface area contributed by atoms with E-state index in [0.29, 0.717) is 0 Å². The van der Waals surface area contributed by atoms with Crippen LogP contribution in [0.15, 0.2) is 0 Å². The Morgan fingerprint density at radius 1 is 1.31 bits per heavy atom. The number of carbonyl (C=O) groups excluding carboxylic acids is 1. The van der Waals surface area contributed by atoms with Gasteiger partial charge >= 0.3 is 18.1 Å². The summed E-state index contributed by atoms with van der Waals surface area (Å²) in [6, 6.07) is -1.41. The normalized spacial score (nSPS) is 14.7. The first-order valence-electron chi connectivity index (χ1n) is 4.37. The van der Waals surface area contributed by atoms with E-state index in [-0.39, 0.29) is 12.8 Å². The number of ether oxygens (including phenoxy) is 1. The first-order chi connectivity index (χ1) is 7.10. The van der Waals surface area contributed by atoms with E-state index < -0.39 is 30.5 Å². The van der Waals surface area contributed by atoms with Crippen molar-refractivity contribution < 1.29 is 31.5 Å². The molecule has 0 aliphatic rings. The van der Waals surface area contributed by atoms with Gasteiger partial charge in [-0.2, -0.15) is 22.0 Å². The highest BCUT2D eigenvalue weighted by Gasteiger charge is 2.57. The average molecular weight is 249 g/mol. The second-order valence-corrected chi connectivity index (χ2v) is 3.28. The summed E-state index contributed by atoms with van der Waals surface area (Å²) in [5, 5.41) is 0. The highest BCUT2D eigenvalue weighted by Crippen LogP contribution is 2.38. The average Bonchev–Trinajstić information content (AvgIpc) is 2.11. The summed E-state index contributed by atoms with van der Waals surface area (Å²) in [4.78, 5) is 10.6. The molecule has 96 valence electrons. The smallest absolute Gasteiger partial charge is 0.453 e. The highest BCUT2D eigenvalue weighted by atomic mass is 19.4. The van der Waals surface area contributed by atoms with Crippen LogP contribution in [0.2, 0.25) is 0 Å². The van der Waals surface area contributed by atoms with E-state index in [1.165, 1.54) is 0 Å². The lowest BCUT2D eigenvalue weighted by molar-refractivity contribution is -0.285. The zero-order valence-electron chi connectivity index (χ0n) is 8.48. The van der Waals surface area contributed by atoms with Crippen molar-refractivity contribution >= 4 is 5.97 Å². The fourth-order valence-corrected chi connectivity index (χ4v) is 0.952. The molecule has 8 heteroatoms. The maximum atomic E-state index is 12.5. The lowest BCUT2D eigenvalue weighted by Gasteiger charge is -2.22. The van der Waals surface area contributed by atoms with E-state index in [4.69, 9.17) is 5.73 Å². The van der Waals surface area contributed by atoms with E-state index in [1.807, 2.05) is 0 Å². The van der Waals surface area contributed by atoms with Crippen molar-refractivity contribution in [2.75, 3.05) is 7.11 Å². The number of alkyl halides is 5.